The minimum Gasteiger partial charge on any atom is -0.390 e. The van der Waals surface area contributed by atoms with Crippen LogP contribution in [0, 0.1) is 0 Å². The van der Waals surface area contributed by atoms with Crippen LogP contribution in [0.4, 0.5) is 0 Å². The third kappa shape index (κ3) is 3.44. The number of methoxy groups -OCH3 is 2. The fourth-order valence-corrected chi connectivity index (χ4v) is 2.51. The van der Waals surface area contributed by atoms with E-state index in [-0.39, 0.29) is 11.7 Å². The molecule has 3 heteroatoms. The third-order valence-electron chi connectivity index (χ3n) is 3.54. The van der Waals surface area contributed by atoms with Gasteiger partial charge >= 0.3 is 0 Å². The van der Waals surface area contributed by atoms with E-state index in [4.69, 9.17) is 9.47 Å². The summed E-state index contributed by atoms with van der Waals surface area (Å²) in [5.74, 6) is 0. The number of rotatable bonds is 6. The van der Waals surface area contributed by atoms with E-state index >= 15 is 0 Å². The van der Waals surface area contributed by atoms with E-state index in [0.717, 1.165) is 32.3 Å². The van der Waals surface area contributed by atoms with Crippen LogP contribution in [0.15, 0.2) is 0 Å². The van der Waals surface area contributed by atoms with Gasteiger partial charge in [-0.3, -0.25) is 0 Å². The molecule has 0 saturated heterocycles. The lowest BCUT2D eigenvalue weighted by Gasteiger charge is -2.40. The van der Waals surface area contributed by atoms with E-state index in [9.17, 15) is 5.11 Å². The Hall–Kier alpha value is -0.120. The summed E-state index contributed by atoms with van der Waals surface area (Å²) in [6.07, 6.45) is 6.97. The zero-order valence-electron chi connectivity index (χ0n) is 10.00. The summed E-state index contributed by atoms with van der Waals surface area (Å²) >= 11 is 0. The number of hydrogen-bond donors (Lipinski definition) is 1. The van der Waals surface area contributed by atoms with E-state index < -0.39 is 0 Å². The van der Waals surface area contributed by atoms with Crippen molar-refractivity contribution in [2.24, 2.45) is 0 Å². The van der Waals surface area contributed by atoms with Gasteiger partial charge in [0, 0.05) is 20.8 Å². The Balaban J connectivity index is 2.40. The average Bonchev–Trinajstić information content (AvgIpc) is 2.30. The minimum atomic E-state index is -0.335. The first-order chi connectivity index (χ1) is 7.25. The molecule has 1 N–H and O–H groups in total. The van der Waals surface area contributed by atoms with Gasteiger partial charge in [0.05, 0.1) is 11.7 Å². The SMILES string of the molecule is COCCCC(O)C1(OC)CCCCC1. The van der Waals surface area contributed by atoms with Crippen molar-refractivity contribution in [3.63, 3.8) is 0 Å². The topological polar surface area (TPSA) is 38.7 Å². The molecule has 1 rings (SSSR count). The molecule has 0 amide bonds. The molecule has 0 heterocycles. The second-order valence-electron chi connectivity index (χ2n) is 4.48. The molecule has 1 aliphatic carbocycles. The van der Waals surface area contributed by atoms with Gasteiger partial charge in [0.15, 0.2) is 0 Å². The Morgan fingerprint density at radius 3 is 2.40 bits per heavy atom. The molecule has 1 fully saturated rings. The summed E-state index contributed by atoms with van der Waals surface area (Å²) in [5.41, 5.74) is -0.272. The van der Waals surface area contributed by atoms with Crippen molar-refractivity contribution in [2.75, 3.05) is 20.8 Å². The van der Waals surface area contributed by atoms with Crippen molar-refractivity contribution in [3.05, 3.63) is 0 Å². The Kier molecular flexibility index (Phi) is 5.58. The van der Waals surface area contributed by atoms with Gasteiger partial charge in [-0.05, 0) is 25.7 Å². The first-order valence-electron chi connectivity index (χ1n) is 5.97. The molecule has 1 atom stereocenters. The van der Waals surface area contributed by atoms with Crippen LogP contribution in [0.3, 0.4) is 0 Å². The summed E-state index contributed by atoms with van der Waals surface area (Å²) in [7, 11) is 3.42. The number of ether oxygens (including phenoxy) is 2. The quantitative estimate of drug-likeness (QED) is 0.691. The predicted octanol–water partition coefficient (Wildman–Crippen LogP) is 2.12. The second-order valence-corrected chi connectivity index (χ2v) is 4.48. The molecule has 3 nitrogen and oxygen atoms in total. The molecule has 0 aromatic heterocycles. The molecular weight excluding hydrogens is 192 g/mol. The summed E-state index contributed by atoms with van der Waals surface area (Å²) in [4.78, 5) is 0. The van der Waals surface area contributed by atoms with Gasteiger partial charge in [0.1, 0.15) is 0 Å². The fraction of sp³-hybridized carbons (Fsp3) is 1.00. The highest BCUT2D eigenvalue weighted by molar-refractivity contribution is 4.90. The van der Waals surface area contributed by atoms with E-state index in [0.29, 0.717) is 0 Å². The van der Waals surface area contributed by atoms with Crippen molar-refractivity contribution < 1.29 is 14.6 Å². The van der Waals surface area contributed by atoms with Crippen molar-refractivity contribution >= 4 is 0 Å². The molecule has 0 radical (unpaired) electrons. The summed E-state index contributed by atoms with van der Waals surface area (Å²) in [6, 6.07) is 0. The van der Waals surface area contributed by atoms with Crippen LogP contribution in [-0.4, -0.2) is 37.6 Å². The smallest absolute Gasteiger partial charge is 0.0936 e. The Morgan fingerprint density at radius 2 is 1.87 bits per heavy atom. The molecule has 0 aliphatic heterocycles. The first-order valence-corrected chi connectivity index (χ1v) is 5.97. The monoisotopic (exact) mass is 216 g/mol. The van der Waals surface area contributed by atoms with Crippen LogP contribution < -0.4 is 0 Å². The Morgan fingerprint density at radius 1 is 1.20 bits per heavy atom. The third-order valence-corrected chi connectivity index (χ3v) is 3.54. The Bertz CT molecular complexity index is 164. The summed E-state index contributed by atoms with van der Waals surface area (Å²) < 4.78 is 10.6. The standard InChI is InChI=1S/C12H24O3/c1-14-10-6-7-11(13)12(15-2)8-4-3-5-9-12/h11,13H,3-10H2,1-2H3. The van der Waals surface area contributed by atoms with Gasteiger partial charge in [-0.15, -0.1) is 0 Å². The van der Waals surface area contributed by atoms with Gasteiger partial charge in [0.2, 0.25) is 0 Å². The lowest BCUT2D eigenvalue weighted by molar-refractivity contribution is -0.126. The molecule has 1 saturated carbocycles. The van der Waals surface area contributed by atoms with E-state index in [2.05, 4.69) is 0 Å². The molecule has 1 aliphatic rings. The van der Waals surface area contributed by atoms with Gasteiger partial charge in [0.25, 0.3) is 0 Å². The van der Waals surface area contributed by atoms with Crippen LogP contribution in [-0.2, 0) is 9.47 Å². The average molecular weight is 216 g/mol. The van der Waals surface area contributed by atoms with E-state index in [1.54, 1.807) is 14.2 Å². The first kappa shape index (κ1) is 12.9. The van der Waals surface area contributed by atoms with Crippen molar-refractivity contribution in [1.82, 2.24) is 0 Å². The van der Waals surface area contributed by atoms with Crippen LogP contribution in [0.25, 0.3) is 0 Å². The zero-order chi connectivity index (χ0) is 11.1. The number of aliphatic hydroxyl groups is 1. The molecule has 15 heavy (non-hydrogen) atoms. The lowest BCUT2D eigenvalue weighted by Crippen LogP contribution is -2.45. The fourth-order valence-electron chi connectivity index (χ4n) is 2.51. The van der Waals surface area contributed by atoms with Crippen molar-refractivity contribution in [3.8, 4) is 0 Å². The zero-order valence-corrected chi connectivity index (χ0v) is 10.00. The van der Waals surface area contributed by atoms with E-state index in [1.807, 2.05) is 0 Å². The van der Waals surface area contributed by atoms with Gasteiger partial charge in [-0.2, -0.15) is 0 Å². The highest BCUT2D eigenvalue weighted by Crippen LogP contribution is 2.35. The molecule has 0 bridgehead atoms. The Labute approximate surface area is 92.8 Å². The number of aliphatic hydroxyl groups excluding tert-OH is 1. The van der Waals surface area contributed by atoms with Gasteiger partial charge < -0.3 is 14.6 Å². The predicted molar refractivity (Wildman–Crippen MR) is 59.9 cm³/mol. The molecule has 0 aromatic carbocycles. The largest absolute Gasteiger partial charge is 0.390 e. The molecular formula is C12H24O3. The molecule has 0 spiro atoms. The van der Waals surface area contributed by atoms with Crippen LogP contribution in [0.1, 0.15) is 44.9 Å². The molecule has 1 unspecified atom stereocenters. The van der Waals surface area contributed by atoms with Gasteiger partial charge in [-0.1, -0.05) is 19.3 Å². The van der Waals surface area contributed by atoms with Gasteiger partial charge in [-0.25, -0.2) is 0 Å². The maximum absolute atomic E-state index is 10.2. The molecule has 0 aromatic rings. The maximum atomic E-state index is 10.2. The normalized spacial score (nSPS) is 22.6. The van der Waals surface area contributed by atoms with Crippen LogP contribution in [0.2, 0.25) is 0 Å². The van der Waals surface area contributed by atoms with Crippen LogP contribution in [0.5, 0.6) is 0 Å². The summed E-state index contributed by atoms with van der Waals surface area (Å²) in [5, 5.41) is 10.2. The van der Waals surface area contributed by atoms with Crippen molar-refractivity contribution in [2.45, 2.75) is 56.7 Å². The highest BCUT2D eigenvalue weighted by atomic mass is 16.5. The summed E-state index contributed by atoms with van der Waals surface area (Å²) in [6.45, 7) is 0.719. The minimum absolute atomic E-state index is 0.272. The van der Waals surface area contributed by atoms with E-state index in [1.165, 1.54) is 19.3 Å². The highest BCUT2D eigenvalue weighted by Gasteiger charge is 2.38. The lowest BCUT2D eigenvalue weighted by atomic mass is 9.79. The molecule has 90 valence electrons. The van der Waals surface area contributed by atoms with Crippen LogP contribution >= 0.6 is 0 Å². The van der Waals surface area contributed by atoms with Crippen molar-refractivity contribution in [1.29, 1.82) is 0 Å². The number of hydrogen-bond acceptors (Lipinski definition) is 3. The second kappa shape index (κ2) is 6.46. The maximum Gasteiger partial charge on any atom is 0.0936 e.